The Hall–Kier alpha value is -3.28. The van der Waals surface area contributed by atoms with Gasteiger partial charge in [0.25, 0.3) is 0 Å². The average molecular weight is 460 g/mol. The number of aromatic amines is 1. The number of hydrogen-bond acceptors (Lipinski definition) is 7. The number of nitrogens with one attached hydrogen (secondary N) is 1. The molecule has 4 rings (SSSR count). The topological polar surface area (TPSA) is 111 Å². The fourth-order valence-electron chi connectivity index (χ4n) is 3.08. The van der Waals surface area contributed by atoms with E-state index in [0.29, 0.717) is 40.2 Å². The van der Waals surface area contributed by atoms with Crippen molar-refractivity contribution < 1.29 is 26.8 Å². The molecule has 0 aliphatic heterocycles. The zero-order valence-corrected chi connectivity index (χ0v) is 18.4. The summed E-state index contributed by atoms with van der Waals surface area (Å²) in [6.45, 7) is 0.564. The molecule has 4 aromatic rings. The van der Waals surface area contributed by atoms with Gasteiger partial charge in [-0.2, -0.15) is 5.10 Å². The minimum absolute atomic E-state index is 0.0933. The average Bonchev–Trinajstić information content (AvgIpc) is 3.41. The van der Waals surface area contributed by atoms with Gasteiger partial charge in [0.15, 0.2) is 17.3 Å². The molecule has 0 unspecified atom stereocenters. The van der Waals surface area contributed by atoms with Crippen molar-refractivity contribution in [1.82, 2.24) is 19.7 Å². The molecule has 0 saturated carbocycles. The predicted molar refractivity (Wildman–Crippen MR) is 115 cm³/mol. The molecule has 9 nitrogen and oxygen atoms in total. The Morgan fingerprint density at radius 1 is 1.12 bits per heavy atom. The predicted octanol–water partition coefficient (Wildman–Crippen LogP) is 3.30. The summed E-state index contributed by atoms with van der Waals surface area (Å²) in [6.07, 6.45) is 0. The maximum absolute atomic E-state index is 14.5. The number of halogens is 1. The molecule has 168 valence electrons. The Bertz CT molecular complexity index is 1350. The smallest absolute Gasteiger partial charge is 0.242 e. The molecule has 11 heteroatoms. The second-order valence-corrected chi connectivity index (χ2v) is 9.28. The molecule has 0 aliphatic carbocycles. The highest BCUT2D eigenvalue weighted by Gasteiger charge is 2.19. The van der Waals surface area contributed by atoms with Gasteiger partial charge in [-0.25, -0.2) is 17.1 Å². The van der Waals surface area contributed by atoms with Crippen LogP contribution >= 0.6 is 0 Å². The zero-order chi connectivity index (χ0) is 22.9. The van der Waals surface area contributed by atoms with Crippen LogP contribution in [0.3, 0.4) is 0 Å². The number of fused-ring (bicyclic) bond motifs is 1. The number of ether oxygens (including phenoxy) is 2. The number of benzene rings is 2. The molecular weight excluding hydrogens is 439 g/mol. The van der Waals surface area contributed by atoms with Crippen LogP contribution in [0.15, 0.2) is 51.9 Å². The maximum atomic E-state index is 14.5. The Balaban J connectivity index is 1.62. The lowest BCUT2D eigenvalue weighted by Crippen LogP contribution is -2.22. The van der Waals surface area contributed by atoms with Crippen molar-refractivity contribution in [3.63, 3.8) is 0 Å². The van der Waals surface area contributed by atoms with E-state index < -0.39 is 15.8 Å². The van der Waals surface area contributed by atoms with Crippen LogP contribution in [0, 0.1) is 5.82 Å². The van der Waals surface area contributed by atoms with Crippen molar-refractivity contribution in [2.24, 2.45) is 0 Å². The van der Waals surface area contributed by atoms with E-state index in [4.69, 9.17) is 14.0 Å². The number of methoxy groups -OCH3 is 1. The monoisotopic (exact) mass is 460 g/mol. The quantitative estimate of drug-likeness (QED) is 0.402. The standard InChI is InChI=1S/C21H21FN4O5S/c1-26(2)32(27,28)14-6-4-13(5-7-14)17-11-20(31-25-17)21-15-10-16(22)19(30-9-8-29-3)12-18(15)23-24-21/h4-7,10-12H,8-9H2,1-3H3,(H,23,24). The van der Waals surface area contributed by atoms with Gasteiger partial charge in [0.05, 0.1) is 17.0 Å². The molecular formula is C21H21FN4O5S. The molecule has 0 bridgehead atoms. The summed E-state index contributed by atoms with van der Waals surface area (Å²) in [7, 11) is 0.957. The van der Waals surface area contributed by atoms with E-state index in [1.54, 1.807) is 18.2 Å². The zero-order valence-electron chi connectivity index (χ0n) is 17.6. The van der Waals surface area contributed by atoms with E-state index in [1.807, 2.05) is 0 Å². The largest absolute Gasteiger partial charge is 0.488 e. The van der Waals surface area contributed by atoms with Gasteiger partial charge >= 0.3 is 0 Å². The van der Waals surface area contributed by atoms with Gasteiger partial charge in [-0.15, -0.1) is 0 Å². The number of nitrogens with zero attached hydrogens (tertiary/aromatic N) is 3. The molecule has 2 aromatic carbocycles. The lowest BCUT2D eigenvalue weighted by Gasteiger charge is -2.11. The highest BCUT2D eigenvalue weighted by atomic mass is 32.2. The van der Waals surface area contributed by atoms with Crippen LogP contribution in [0.25, 0.3) is 33.6 Å². The van der Waals surface area contributed by atoms with Crippen LogP contribution in [0.1, 0.15) is 0 Å². The lowest BCUT2D eigenvalue weighted by atomic mass is 10.1. The third kappa shape index (κ3) is 4.09. The van der Waals surface area contributed by atoms with E-state index in [0.717, 1.165) is 4.31 Å². The molecule has 2 aromatic heterocycles. The van der Waals surface area contributed by atoms with Gasteiger partial charge in [-0.05, 0) is 18.2 Å². The van der Waals surface area contributed by atoms with Gasteiger partial charge in [-0.1, -0.05) is 17.3 Å². The minimum atomic E-state index is -3.52. The van der Waals surface area contributed by atoms with Crippen LogP contribution in [-0.4, -0.2) is 62.5 Å². The van der Waals surface area contributed by atoms with E-state index in [2.05, 4.69) is 15.4 Å². The first-order chi connectivity index (χ1) is 15.3. The molecule has 0 aliphatic rings. The van der Waals surface area contributed by atoms with Crippen molar-refractivity contribution in [2.45, 2.75) is 4.90 Å². The maximum Gasteiger partial charge on any atom is 0.242 e. The SMILES string of the molecule is COCCOc1cc2[nH]nc(-c3cc(-c4ccc(S(=O)(=O)N(C)C)cc4)no3)c2cc1F. The van der Waals surface area contributed by atoms with Crippen LogP contribution < -0.4 is 4.74 Å². The lowest BCUT2D eigenvalue weighted by molar-refractivity contribution is 0.144. The molecule has 0 atom stereocenters. The Kier molecular flexibility index (Phi) is 5.96. The number of aromatic nitrogens is 3. The van der Waals surface area contributed by atoms with Crippen molar-refractivity contribution >= 4 is 20.9 Å². The number of H-pyrrole nitrogens is 1. The Labute approximate surface area is 183 Å². The summed E-state index contributed by atoms with van der Waals surface area (Å²) >= 11 is 0. The summed E-state index contributed by atoms with van der Waals surface area (Å²) in [4.78, 5) is 0.173. The van der Waals surface area contributed by atoms with Gasteiger partial charge < -0.3 is 14.0 Å². The van der Waals surface area contributed by atoms with Crippen LogP contribution in [-0.2, 0) is 14.8 Å². The number of sulfonamides is 1. The summed E-state index contributed by atoms with van der Waals surface area (Å²) in [6, 6.07) is 10.8. The van der Waals surface area contributed by atoms with E-state index >= 15 is 0 Å². The molecule has 32 heavy (non-hydrogen) atoms. The van der Waals surface area contributed by atoms with Crippen molar-refractivity contribution in [2.75, 3.05) is 34.4 Å². The molecule has 2 heterocycles. The number of hydrogen-bond donors (Lipinski definition) is 1. The Morgan fingerprint density at radius 3 is 2.56 bits per heavy atom. The third-order valence-electron chi connectivity index (χ3n) is 4.83. The molecule has 0 spiro atoms. The van der Waals surface area contributed by atoms with E-state index in [-0.39, 0.29) is 17.3 Å². The highest BCUT2D eigenvalue weighted by Crippen LogP contribution is 2.33. The third-order valence-corrected chi connectivity index (χ3v) is 6.66. The molecule has 0 saturated heterocycles. The summed E-state index contributed by atoms with van der Waals surface area (Å²) < 4.78 is 55.8. The fraction of sp³-hybridized carbons (Fsp3) is 0.238. The first kappa shape index (κ1) is 21.9. The van der Waals surface area contributed by atoms with Gasteiger partial charge in [-0.3, -0.25) is 5.10 Å². The number of rotatable bonds is 8. The van der Waals surface area contributed by atoms with Crippen molar-refractivity contribution in [3.05, 3.63) is 48.3 Å². The van der Waals surface area contributed by atoms with Gasteiger partial charge in [0, 0.05) is 44.3 Å². The van der Waals surface area contributed by atoms with Gasteiger partial charge in [0.2, 0.25) is 10.0 Å². The molecule has 0 radical (unpaired) electrons. The second kappa shape index (κ2) is 8.69. The fourth-order valence-corrected chi connectivity index (χ4v) is 3.98. The van der Waals surface area contributed by atoms with Crippen molar-refractivity contribution in [3.8, 4) is 28.5 Å². The summed E-state index contributed by atoms with van der Waals surface area (Å²) in [5, 5.41) is 11.6. The molecule has 0 fully saturated rings. The van der Waals surface area contributed by atoms with E-state index in [9.17, 15) is 12.8 Å². The van der Waals surface area contributed by atoms with Crippen molar-refractivity contribution in [1.29, 1.82) is 0 Å². The Morgan fingerprint density at radius 2 is 1.88 bits per heavy atom. The van der Waals surface area contributed by atoms with Crippen LogP contribution in [0.4, 0.5) is 4.39 Å². The minimum Gasteiger partial charge on any atom is -0.488 e. The second-order valence-electron chi connectivity index (χ2n) is 7.13. The first-order valence-electron chi connectivity index (χ1n) is 9.60. The van der Waals surface area contributed by atoms with Crippen LogP contribution in [0.5, 0.6) is 5.75 Å². The highest BCUT2D eigenvalue weighted by molar-refractivity contribution is 7.89. The van der Waals surface area contributed by atoms with E-state index in [1.165, 1.54) is 45.5 Å². The molecule has 0 amide bonds. The summed E-state index contributed by atoms with van der Waals surface area (Å²) in [5.74, 6) is -0.104. The summed E-state index contributed by atoms with van der Waals surface area (Å²) in [5.41, 5.74) is 2.13. The first-order valence-corrected chi connectivity index (χ1v) is 11.0. The molecule has 1 N–H and O–H groups in total. The normalized spacial score (nSPS) is 12.0. The van der Waals surface area contributed by atoms with Gasteiger partial charge in [0.1, 0.15) is 18.0 Å². The van der Waals surface area contributed by atoms with Crippen LogP contribution in [0.2, 0.25) is 0 Å².